The van der Waals surface area contributed by atoms with Gasteiger partial charge in [-0.2, -0.15) is 0 Å². The van der Waals surface area contributed by atoms with Gasteiger partial charge < -0.3 is 4.74 Å². The highest BCUT2D eigenvalue weighted by molar-refractivity contribution is 8.03. The Bertz CT molecular complexity index is 619. The van der Waals surface area contributed by atoms with E-state index in [0.717, 1.165) is 27.5 Å². The van der Waals surface area contributed by atoms with Crippen LogP contribution in [0.1, 0.15) is 30.1 Å². The third-order valence-electron chi connectivity index (χ3n) is 3.40. The first kappa shape index (κ1) is 13.8. The number of ether oxygens (including phenoxy) is 1. The number of Topliss-reactive ketones (excluding diaryl/α,β-unsaturated/α-hetero) is 1. The number of carbonyl (C=O) groups excluding carboxylic acids is 1. The van der Waals surface area contributed by atoms with Gasteiger partial charge in [-0.15, -0.1) is 0 Å². The number of benzene rings is 1. The molecular formula is C16H15ClO2S. The number of hydrogen-bond acceptors (Lipinski definition) is 3. The van der Waals surface area contributed by atoms with Crippen molar-refractivity contribution in [2.45, 2.75) is 24.7 Å². The van der Waals surface area contributed by atoms with Crippen LogP contribution in [0.5, 0.6) is 0 Å². The number of ketones is 1. The molecular weight excluding hydrogens is 292 g/mol. The van der Waals surface area contributed by atoms with Crippen molar-refractivity contribution in [2.24, 2.45) is 5.92 Å². The molecule has 0 fully saturated rings. The summed E-state index contributed by atoms with van der Waals surface area (Å²) in [6.07, 6.45) is 3.37. The monoisotopic (exact) mass is 306 g/mol. The first-order chi connectivity index (χ1) is 9.70. The fourth-order valence-corrected chi connectivity index (χ4v) is 3.92. The number of rotatable bonds is 3. The summed E-state index contributed by atoms with van der Waals surface area (Å²) in [5, 5.41) is 0.693. The summed E-state index contributed by atoms with van der Waals surface area (Å²) < 4.78 is 5.78. The van der Waals surface area contributed by atoms with Crippen LogP contribution in [0.4, 0.5) is 0 Å². The molecule has 1 unspecified atom stereocenters. The van der Waals surface area contributed by atoms with Gasteiger partial charge in [0.2, 0.25) is 0 Å². The Kier molecular flexibility index (Phi) is 3.90. The Labute approximate surface area is 127 Å². The standard InChI is InChI=1S/C16H15ClO2S/c1-2-7-19-13-9-10(17)8-12-15(18)11-5-3-4-6-14(11)20-16(12)13/h3-6,9,12H,2,7-8H2,1H3. The highest BCUT2D eigenvalue weighted by Gasteiger charge is 2.36. The average Bonchev–Trinajstić information content (AvgIpc) is 2.46. The van der Waals surface area contributed by atoms with Crippen molar-refractivity contribution in [1.82, 2.24) is 0 Å². The van der Waals surface area contributed by atoms with Gasteiger partial charge in [-0.05, 0) is 25.0 Å². The van der Waals surface area contributed by atoms with Crippen LogP contribution in [-0.4, -0.2) is 12.4 Å². The quantitative estimate of drug-likeness (QED) is 0.805. The smallest absolute Gasteiger partial charge is 0.172 e. The molecule has 2 aliphatic rings. The van der Waals surface area contributed by atoms with E-state index in [1.807, 2.05) is 30.3 Å². The molecule has 20 heavy (non-hydrogen) atoms. The lowest BCUT2D eigenvalue weighted by Gasteiger charge is -2.29. The molecule has 4 heteroatoms. The minimum Gasteiger partial charge on any atom is -0.493 e. The lowest BCUT2D eigenvalue weighted by Crippen LogP contribution is -2.24. The molecule has 2 nitrogen and oxygen atoms in total. The topological polar surface area (TPSA) is 26.3 Å². The van der Waals surface area contributed by atoms with Crippen molar-refractivity contribution in [3.05, 3.63) is 51.6 Å². The van der Waals surface area contributed by atoms with Crippen LogP contribution in [-0.2, 0) is 4.74 Å². The molecule has 0 saturated carbocycles. The van der Waals surface area contributed by atoms with Crippen molar-refractivity contribution in [3.8, 4) is 0 Å². The fraction of sp³-hybridized carbons (Fsp3) is 0.312. The molecule has 1 aromatic carbocycles. The summed E-state index contributed by atoms with van der Waals surface area (Å²) in [4.78, 5) is 14.6. The Hall–Kier alpha value is -1.19. The van der Waals surface area contributed by atoms with Crippen molar-refractivity contribution in [2.75, 3.05) is 6.61 Å². The molecule has 1 atom stereocenters. The summed E-state index contributed by atoms with van der Waals surface area (Å²) in [7, 11) is 0. The van der Waals surface area contributed by atoms with Gasteiger partial charge in [0.1, 0.15) is 5.76 Å². The van der Waals surface area contributed by atoms with Crippen molar-refractivity contribution in [1.29, 1.82) is 0 Å². The first-order valence-corrected chi connectivity index (χ1v) is 7.94. The minimum atomic E-state index is -0.181. The van der Waals surface area contributed by atoms with Gasteiger partial charge in [-0.1, -0.05) is 48.5 Å². The van der Waals surface area contributed by atoms with Crippen LogP contribution < -0.4 is 0 Å². The summed E-state index contributed by atoms with van der Waals surface area (Å²) in [6.45, 7) is 2.70. The Balaban J connectivity index is 2.04. The average molecular weight is 307 g/mol. The zero-order valence-corrected chi connectivity index (χ0v) is 12.8. The maximum atomic E-state index is 12.6. The van der Waals surface area contributed by atoms with Gasteiger partial charge in [0.25, 0.3) is 0 Å². The van der Waals surface area contributed by atoms with Gasteiger partial charge in [0.15, 0.2) is 5.78 Å². The molecule has 0 saturated heterocycles. The van der Waals surface area contributed by atoms with E-state index in [2.05, 4.69) is 6.92 Å². The highest BCUT2D eigenvalue weighted by atomic mass is 35.5. The van der Waals surface area contributed by atoms with E-state index < -0.39 is 0 Å². The maximum absolute atomic E-state index is 12.6. The second-order valence-corrected chi connectivity index (χ2v) is 6.46. The van der Waals surface area contributed by atoms with Gasteiger partial charge in [0, 0.05) is 20.4 Å². The van der Waals surface area contributed by atoms with Crippen molar-refractivity contribution < 1.29 is 9.53 Å². The largest absolute Gasteiger partial charge is 0.493 e. The lowest BCUT2D eigenvalue weighted by atomic mass is 9.90. The van der Waals surface area contributed by atoms with Crippen LogP contribution in [0.15, 0.2) is 50.9 Å². The predicted octanol–water partition coefficient (Wildman–Crippen LogP) is 4.76. The minimum absolute atomic E-state index is 0.151. The molecule has 1 aromatic rings. The van der Waals surface area contributed by atoms with E-state index in [9.17, 15) is 4.79 Å². The zero-order chi connectivity index (χ0) is 14.1. The number of halogens is 1. The summed E-state index contributed by atoms with van der Waals surface area (Å²) >= 11 is 7.82. The summed E-state index contributed by atoms with van der Waals surface area (Å²) in [5.74, 6) is 0.735. The Morgan fingerprint density at radius 2 is 2.20 bits per heavy atom. The number of allylic oxidation sites excluding steroid dienone is 3. The number of hydrogen-bond donors (Lipinski definition) is 0. The number of carbonyl (C=O) groups is 1. The normalized spacial score (nSPS) is 21.2. The van der Waals surface area contributed by atoms with Crippen LogP contribution in [0.25, 0.3) is 0 Å². The predicted molar refractivity (Wildman–Crippen MR) is 81.9 cm³/mol. The molecule has 1 aliphatic carbocycles. The van der Waals surface area contributed by atoms with E-state index in [0.29, 0.717) is 18.1 Å². The van der Waals surface area contributed by atoms with E-state index >= 15 is 0 Å². The number of fused-ring (bicyclic) bond motifs is 2. The van der Waals surface area contributed by atoms with E-state index in [1.165, 1.54) is 0 Å². The molecule has 1 heterocycles. The Morgan fingerprint density at radius 1 is 1.40 bits per heavy atom. The Morgan fingerprint density at radius 3 is 3.00 bits per heavy atom. The molecule has 0 spiro atoms. The SMILES string of the molecule is CCCOC1=C2Sc3ccccc3C(=O)C2CC(Cl)=C1. The molecule has 0 N–H and O–H groups in total. The van der Waals surface area contributed by atoms with Gasteiger partial charge in [-0.25, -0.2) is 0 Å². The first-order valence-electron chi connectivity index (χ1n) is 6.75. The van der Waals surface area contributed by atoms with Crippen LogP contribution in [0.2, 0.25) is 0 Å². The van der Waals surface area contributed by atoms with E-state index in [-0.39, 0.29) is 11.7 Å². The van der Waals surface area contributed by atoms with Crippen molar-refractivity contribution in [3.63, 3.8) is 0 Å². The molecule has 0 amide bonds. The van der Waals surface area contributed by atoms with Crippen molar-refractivity contribution >= 4 is 29.1 Å². The third-order valence-corrected chi connectivity index (χ3v) is 4.94. The summed E-state index contributed by atoms with van der Waals surface area (Å²) in [5.41, 5.74) is 0.799. The molecule has 0 bridgehead atoms. The molecule has 0 aromatic heterocycles. The van der Waals surface area contributed by atoms with Crippen LogP contribution >= 0.6 is 23.4 Å². The molecule has 1 aliphatic heterocycles. The second kappa shape index (κ2) is 5.66. The molecule has 104 valence electrons. The zero-order valence-electron chi connectivity index (χ0n) is 11.2. The second-order valence-electron chi connectivity index (χ2n) is 4.89. The molecule has 0 radical (unpaired) electrons. The highest BCUT2D eigenvalue weighted by Crippen LogP contribution is 2.48. The lowest BCUT2D eigenvalue weighted by molar-refractivity contribution is 0.0932. The van der Waals surface area contributed by atoms with E-state index in [4.69, 9.17) is 16.3 Å². The maximum Gasteiger partial charge on any atom is 0.172 e. The van der Waals surface area contributed by atoms with Gasteiger partial charge in [0.05, 0.1) is 12.5 Å². The fourth-order valence-electron chi connectivity index (χ4n) is 2.46. The third kappa shape index (κ3) is 2.40. The summed E-state index contributed by atoms with van der Waals surface area (Å²) in [6, 6.07) is 7.73. The van der Waals surface area contributed by atoms with Gasteiger partial charge in [-0.3, -0.25) is 4.79 Å². The number of thioether (sulfide) groups is 1. The van der Waals surface area contributed by atoms with Crippen LogP contribution in [0, 0.1) is 5.92 Å². The van der Waals surface area contributed by atoms with E-state index in [1.54, 1.807) is 11.8 Å². The van der Waals surface area contributed by atoms with Gasteiger partial charge >= 0.3 is 0 Å². The van der Waals surface area contributed by atoms with Crippen LogP contribution in [0.3, 0.4) is 0 Å². The molecule has 3 rings (SSSR count).